The number of fused-ring (bicyclic) bond motifs is 1. The Balaban J connectivity index is 1.92. The summed E-state index contributed by atoms with van der Waals surface area (Å²) in [6.07, 6.45) is 1.71. The minimum absolute atomic E-state index is 0.158. The molecule has 0 unspecified atom stereocenters. The molecule has 1 atom stereocenters. The number of carbonyl (C=O) groups excluding carboxylic acids is 1. The number of hydrogen-bond acceptors (Lipinski definition) is 6. The Labute approximate surface area is 137 Å². The number of aromatic amines is 2. The van der Waals surface area contributed by atoms with Crippen molar-refractivity contribution in [2.45, 2.75) is 13.0 Å². The van der Waals surface area contributed by atoms with Crippen LogP contribution in [0.2, 0.25) is 0 Å². The number of nitrogens with zero attached hydrogens (tertiary/aromatic N) is 4. The fraction of sp³-hybridized carbons (Fsp3) is 0.333. The zero-order valence-electron chi connectivity index (χ0n) is 13.1. The lowest BCUT2D eigenvalue weighted by atomic mass is 10.1. The highest BCUT2D eigenvalue weighted by Crippen LogP contribution is 2.29. The van der Waals surface area contributed by atoms with E-state index >= 15 is 0 Å². The molecule has 0 bridgehead atoms. The third kappa shape index (κ3) is 2.29. The predicted molar refractivity (Wildman–Crippen MR) is 87.6 cm³/mol. The number of aromatic nitrogens is 5. The van der Waals surface area contributed by atoms with Crippen molar-refractivity contribution in [2.24, 2.45) is 5.73 Å². The lowest BCUT2D eigenvalue weighted by Crippen LogP contribution is -2.44. The molecule has 1 amide bonds. The summed E-state index contributed by atoms with van der Waals surface area (Å²) < 4.78 is 5.47. The minimum atomic E-state index is -0.526. The van der Waals surface area contributed by atoms with Crippen LogP contribution in [0.4, 0.5) is 5.82 Å². The van der Waals surface area contributed by atoms with Crippen molar-refractivity contribution in [3.05, 3.63) is 23.9 Å². The molecule has 1 aliphatic heterocycles. The highest BCUT2D eigenvalue weighted by atomic mass is 16.5. The van der Waals surface area contributed by atoms with Gasteiger partial charge in [-0.25, -0.2) is 4.98 Å². The van der Waals surface area contributed by atoms with E-state index < -0.39 is 5.91 Å². The number of ether oxygens (including phenoxy) is 1. The summed E-state index contributed by atoms with van der Waals surface area (Å²) in [5, 5.41) is 14.0. The molecule has 9 heteroatoms. The summed E-state index contributed by atoms with van der Waals surface area (Å²) in [4.78, 5) is 18.7. The number of anilines is 1. The zero-order valence-corrected chi connectivity index (χ0v) is 13.1. The standard InChI is InChI=1S/C15H17N7O2/c1-8-7-24-5-4-22(8)11-6-9(15(16)23)12-14(18-11)13(21-20-12)10-2-3-17-19-10/h2-3,6,8H,4-5,7H2,1H3,(H2,16,23)(H,17,19)(H,20,21)/t8-/m1/s1. The van der Waals surface area contributed by atoms with Crippen LogP contribution in [0.5, 0.6) is 0 Å². The summed E-state index contributed by atoms with van der Waals surface area (Å²) in [6.45, 7) is 3.99. The number of morpholine rings is 1. The van der Waals surface area contributed by atoms with Gasteiger partial charge in [0, 0.05) is 12.7 Å². The van der Waals surface area contributed by atoms with Crippen LogP contribution in [0.25, 0.3) is 22.4 Å². The van der Waals surface area contributed by atoms with E-state index in [1.54, 1.807) is 18.3 Å². The summed E-state index contributed by atoms with van der Waals surface area (Å²) in [5.74, 6) is 0.159. The summed E-state index contributed by atoms with van der Waals surface area (Å²) in [5.41, 5.74) is 8.25. The lowest BCUT2D eigenvalue weighted by Gasteiger charge is -2.34. The Hall–Kier alpha value is -2.94. The minimum Gasteiger partial charge on any atom is -0.377 e. The Kier molecular flexibility index (Phi) is 3.42. The Bertz CT molecular complexity index is 887. The maximum absolute atomic E-state index is 11.9. The van der Waals surface area contributed by atoms with Crippen LogP contribution in [-0.4, -0.2) is 57.1 Å². The fourth-order valence-electron chi connectivity index (χ4n) is 2.96. The highest BCUT2D eigenvalue weighted by molar-refractivity contribution is 6.07. The first-order valence-electron chi connectivity index (χ1n) is 7.68. The van der Waals surface area contributed by atoms with Gasteiger partial charge in [-0.1, -0.05) is 0 Å². The van der Waals surface area contributed by atoms with Crippen LogP contribution in [0, 0.1) is 0 Å². The van der Waals surface area contributed by atoms with Crippen LogP contribution < -0.4 is 10.6 Å². The number of rotatable bonds is 3. The van der Waals surface area contributed by atoms with Crippen molar-refractivity contribution in [3.8, 4) is 11.4 Å². The number of pyridine rings is 1. The molecule has 4 N–H and O–H groups in total. The molecule has 9 nitrogen and oxygen atoms in total. The molecule has 1 fully saturated rings. The normalized spacial score (nSPS) is 18.2. The van der Waals surface area contributed by atoms with Gasteiger partial charge in [-0.3, -0.25) is 15.0 Å². The van der Waals surface area contributed by atoms with E-state index in [0.29, 0.717) is 53.6 Å². The van der Waals surface area contributed by atoms with Gasteiger partial charge in [-0.05, 0) is 19.1 Å². The van der Waals surface area contributed by atoms with Crippen LogP contribution in [0.3, 0.4) is 0 Å². The van der Waals surface area contributed by atoms with Gasteiger partial charge in [0.15, 0.2) is 0 Å². The van der Waals surface area contributed by atoms with E-state index in [-0.39, 0.29) is 6.04 Å². The molecule has 0 radical (unpaired) electrons. The lowest BCUT2D eigenvalue weighted by molar-refractivity contribution is 0.0984. The Morgan fingerprint density at radius 3 is 3.04 bits per heavy atom. The SMILES string of the molecule is C[C@@H]1COCCN1c1cc(C(N)=O)c2[nH]nc(-c3cc[nH]n3)c2n1. The van der Waals surface area contributed by atoms with E-state index in [1.165, 1.54) is 0 Å². The number of primary amides is 1. The van der Waals surface area contributed by atoms with Gasteiger partial charge >= 0.3 is 0 Å². The topological polar surface area (TPSA) is 126 Å². The van der Waals surface area contributed by atoms with Crippen LogP contribution >= 0.6 is 0 Å². The van der Waals surface area contributed by atoms with Gasteiger partial charge in [0.2, 0.25) is 0 Å². The molecule has 0 spiro atoms. The van der Waals surface area contributed by atoms with Crippen LogP contribution in [-0.2, 0) is 4.74 Å². The van der Waals surface area contributed by atoms with Crippen molar-refractivity contribution >= 4 is 22.8 Å². The third-order valence-electron chi connectivity index (χ3n) is 4.18. The molecule has 3 aromatic rings. The maximum Gasteiger partial charge on any atom is 0.251 e. The number of carbonyl (C=O) groups is 1. The van der Waals surface area contributed by atoms with Crippen molar-refractivity contribution < 1.29 is 9.53 Å². The summed E-state index contributed by atoms with van der Waals surface area (Å²) in [7, 11) is 0. The Morgan fingerprint density at radius 2 is 2.33 bits per heavy atom. The number of nitrogens with two attached hydrogens (primary N) is 1. The second-order valence-corrected chi connectivity index (χ2v) is 5.76. The first-order valence-corrected chi connectivity index (χ1v) is 7.68. The van der Waals surface area contributed by atoms with Crippen LogP contribution in [0.15, 0.2) is 18.3 Å². The fourth-order valence-corrected chi connectivity index (χ4v) is 2.96. The average Bonchev–Trinajstić information content (AvgIpc) is 3.23. The van der Waals surface area contributed by atoms with Gasteiger partial charge in [0.25, 0.3) is 5.91 Å². The van der Waals surface area contributed by atoms with Gasteiger partial charge in [0.1, 0.15) is 22.7 Å². The van der Waals surface area contributed by atoms with E-state index in [0.717, 1.165) is 0 Å². The smallest absolute Gasteiger partial charge is 0.251 e. The van der Waals surface area contributed by atoms with E-state index in [4.69, 9.17) is 15.5 Å². The average molecular weight is 327 g/mol. The molecule has 0 aliphatic carbocycles. The van der Waals surface area contributed by atoms with Gasteiger partial charge in [-0.2, -0.15) is 10.2 Å². The number of amides is 1. The number of nitrogens with one attached hydrogen (secondary N) is 2. The molecule has 0 saturated carbocycles. The van der Waals surface area contributed by atoms with E-state index in [1.807, 2.05) is 0 Å². The number of H-pyrrole nitrogens is 2. The summed E-state index contributed by atoms with van der Waals surface area (Å²) in [6, 6.07) is 3.66. The van der Waals surface area contributed by atoms with Gasteiger partial charge in [0.05, 0.1) is 30.3 Å². The van der Waals surface area contributed by atoms with E-state index in [9.17, 15) is 4.79 Å². The van der Waals surface area contributed by atoms with Crippen molar-refractivity contribution in [1.29, 1.82) is 0 Å². The van der Waals surface area contributed by atoms with Crippen molar-refractivity contribution in [2.75, 3.05) is 24.7 Å². The van der Waals surface area contributed by atoms with E-state index in [2.05, 4.69) is 32.2 Å². The van der Waals surface area contributed by atoms with Crippen LogP contribution in [0.1, 0.15) is 17.3 Å². The molecule has 4 heterocycles. The largest absolute Gasteiger partial charge is 0.377 e. The Morgan fingerprint density at radius 1 is 1.46 bits per heavy atom. The van der Waals surface area contributed by atoms with Crippen molar-refractivity contribution in [1.82, 2.24) is 25.4 Å². The second-order valence-electron chi connectivity index (χ2n) is 5.76. The molecule has 24 heavy (non-hydrogen) atoms. The molecule has 1 saturated heterocycles. The molecule has 124 valence electrons. The quantitative estimate of drug-likeness (QED) is 0.649. The predicted octanol–water partition coefficient (Wildman–Crippen LogP) is 0.672. The second kappa shape index (κ2) is 5.60. The summed E-state index contributed by atoms with van der Waals surface area (Å²) >= 11 is 0. The molecule has 0 aromatic carbocycles. The molecular weight excluding hydrogens is 310 g/mol. The maximum atomic E-state index is 11.9. The number of hydrogen-bond donors (Lipinski definition) is 3. The molecule has 3 aromatic heterocycles. The first kappa shape index (κ1) is 14.6. The third-order valence-corrected chi connectivity index (χ3v) is 4.18. The molecule has 1 aliphatic rings. The monoisotopic (exact) mass is 327 g/mol. The van der Waals surface area contributed by atoms with Crippen molar-refractivity contribution in [3.63, 3.8) is 0 Å². The van der Waals surface area contributed by atoms with Gasteiger partial charge in [-0.15, -0.1) is 0 Å². The highest BCUT2D eigenvalue weighted by Gasteiger charge is 2.24. The molecule has 4 rings (SSSR count). The zero-order chi connectivity index (χ0) is 16.7. The molecular formula is C15H17N7O2. The first-order chi connectivity index (χ1) is 11.6. The van der Waals surface area contributed by atoms with Gasteiger partial charge < -0.3 is 15.4 Å².